The van der Waals surface area contributed by atoms with Gasteiger partial charge in [-0.2, -0.15) is 0 Å². The molecule has 6 heteroatoms. The Labute approximate surface area is 97.5 Å². The van der Waals surface area contributed by atoms with Gasteiger partial charge < -0.3 is 15.2 Å². The molecule has 1 aromatic heterocycles. The molecule has 0 aromatic carbocycles. The van der Waals surface area contributed by atoms with Crippen LogP contribution in [0.4, 0.5) is 0 Å². The van der Waals surface area contributed by atoms with E-state index >= 15 is 0 Å². The van der Waals surface area contributed by atoms with Crippen LogP contribution in [0.3, 0.4) is 0 Å². The normalized spacial score (nSPS) is 29.2. The predicted molar refractivity (Wildman–Crippen MR) is 59.4 cm³/mol. The van der Waals surface area contributed by atoms with Crippen LogP contribution in [0.5, 0.6) is 0 Å². The van der Waals surface area contributed by atoms with Gasteiger partial charge >= 0.3 is 0 Å². The monoisotopic (exact) mass is 242 g/mol. The highest BCUT2D eigenvalue weighted by atomic mass is 32.1. The molecule has 2 unspecified atom stereocenters. The minimum absolute atomic E-state index is 0.199. The zero-order chi connectivity index (χ0) is 11.6. The molecular formula is C10H14N2O3S. The van der Waals surface area contributed by atoms with E-state index in [0.717, 1.165) is 0 Å². The van der Waals surface area contributed by atoms with Gasteiger partial charge in [-0.25, -0.2) is 0 Å². The maximum atomic E-state index is 11.6. The zero-order valence-corrected chi connectivity index (χ0v) is 9.79. The van der Waals surface area contributed by atoms with Crippen molar-refractivity contribution in [1.29, 1.82) is 0 Å². The molecular weight excluding hydrogens is 228 g/mol. The van der Waals surface area contributed by atoms with Crippen molar-refractivity contribution in [2.75, 3.05) is 13.2 Å². The largest absolute Gasteiger partial charge is 0.385 e. The van der Waals surface area contributed by atoms with Crippen molar-refractivity contribution < 1.29 is 14.6 Å². The van der Waals surface area contributed by atoms with Crippen molar-refractivity contribution in [2.24, 2.45) is 0 Å². The average molecular weight is 242 g/mol. The number of nitrogens with zero attached hydrogens (tertiary/aromatic N) is 1. The van der Waals surface area contributed by atoms with Crippen molar-refractivity contribution in [3.63, 3.8) is 0 Å². The summed E-state index contributed by atoms with van der Waals surface area (Å²) in [5.41, 5.74) is 0.658. The van der Waals surface area contributed by atoms with Crippen molar-refractivity contribution in [1.82, 2.24) is 10.3 Å². The number of hydrogen-bond donors (Lipinski definition) is 2. The number of carbonyl (C=O) groups is 1. The van der Waals surface area contributed by atoms with Crippen molar-refractivity contribution in [3.8, 4) is 0 Å². The van der Waals surface area contributed by atoms with Crippen LogP contribution in [0, 0.1) is 0 Å². The first kappa shape index (κ1) is 11.5. The summed E-state index contributed by atoms with van der Waals surface area (Å²) in [5, 5.41) is 12.9. The van der Waals surface area contributed by atoms with Gasteiger partial charge in [-0.3, -0.25) is 9.78 Å². The molecule has 5 nitrogen and oxygen atoms in total. The molecule has 0 aliphatic carbocycles. The smallest absolute Gasteiger partial charge is 0.263 e. The lowest BCUT2D eigenvalue weighted by molar-refractivity contribution is -0.0251. The van der Waals surface area contributed by atoms with E-state index in [2.05, 4.69) is 10.3 Å². The summed E-state index contributed by atoms with van der Waals surface area (Å²) in [5.74, 6) is -0.199. The van der Waals surface area contributed by atoms with E-state index < -0.39 is 5.60 Å². The Morgan fingerprint density at radius 1 is 1.88 bits per heavy atom. The first-order chi connectivity index (χ1) is 7.62. The van der Waals surface area contributed by atoms with Gasteiger partial charge in [-0.15, -0.1) is 11.3 Å². The van der Waals surface area contributed by atoms with Gasteiger partial charge in [0.2, 0.25) is 0 Å². The molecule has 1 amide bonds. The van der Waals surface area contributed by atoms with Crippen LogP contribution in [-0.4, -0.2) is 40.9 Å². The van der Waals surface area contributed by atoms with E-state index in [1.165, 1.54) is 17.5 Å². The summed E-state index contributed by atoms with van der Waals surface area (Å²) in [6, 6.07) is 0. The number of thiazole rings is 1. The Bertz CT molecular complexity index is 368. The highest BCUT2D eigenvalue weighted by Gasteiger charge is 2.39. The molecule has 2 rings (SSSR count). The maximum Gasteiger partial charge on any atom is 0.263 e. The van der Waals surface area contributed by atoms with E-state index in [0.29, 0.717) is 17.9 Å². The fraction of sp³-hybridized carbons (Fsp3) is 0.600. The lowest BCUT2D eigenvalue weighted by atomic mass is 9.97. The second-order valence-corrected chi connectivity index (χ2v) is 4.80. The molecule has 16 heavy (non-hydrogen) atoms. The van der Waals surface area contributed by atoms with Gasteiger partial charge in [0.25, 0.3) is 5.91 Å². The second kappa shape index (κ2) is 4.48. The Hall–Kier alpha value is -0.980. The summed E-state index contributed by atoms with van der Waals surface area (Å²) in [7, 11) is 0. The number of hydrogen-bond acceptors (Lipinski definition) is 5. The average Bonchev–Trinajstić information content (AvgIpc) is 2.87. The van der Waals surface area contributed by atoms with Gasteiger partial charge in [0, 0.05) is 19.6 Å². The van der Waals surface area contributed by atoms with Gasteiger partial charge in [0.15, 0.2) is 0 Å². The van der Waals surface area contributed by atoms with E-state index in [9.17, 15) is 9.90 Å². The zero-order valence-electron chi connectivity index (χ0n) is 8.97. The van der Waals surface area contributed by atoms with Crippen LogP contribution in [0.1, 0.15) is 23.0 Å². The minimum atomic E-state index is -0.944. The van der Waals surface area contributed by atoms with Crippen molar-refractivity contribution in [2.45, 2.75) is 25.0 Å². The Morgan fingerprint density at radius 3 is 3.25 bits per heavy atom. The van der Waals surface area contributed by atoms with Gasteiger partial charge in [-0.1, -0.05) is 0 Å². The Kier molecular flexibility index (Phi) is 3.22. The summed E-state index contributed by atoms with van der Waals surface area (Å²) >= 11 is 1.28. The highest BCUT2D eigenvalue weighted by Crippen LogP contribution is 2.24. The standard InChI is InChI=1S/C10H14N2O3S/c1-7-10(14,2-3-15-7)5-12-9(13)8-4-11-6-16-8/h4,6-7,14H,2-3,5H2,1H3,(H,12,13). The lowest BCUT2D eigenvalue weighted by Crippen LogP contribution is -2.47. The quantitative estimate of drug-likeness (QED) is 0.805. The summed E-state index contributed by atoms with van der Waals surface area (Å²) in [4.78, 5) is 16.0. The number of rotatable bonds is 3. The number of carbonyl (C=O) groups excluding carboxylic acids is 1. The fourth-order valence-corrected chi connectivity index (χ4v) is 2.19. The number of nitrogens with one attached hydrogen (secondary N) is 1. The lowest BCUT2D eigenvalue weighted by Gasteiger charge is -2.25. The van der Waals surface area contributed by atoms with Crippen LogP contribution in [0.25, 0.3) is 0 Å². The van der Waals surface area contributed by atoms with Crippen LogP contribution >= 0.6 is 11.3 Å². The van der Waals surface area contributed by atoms with E-state index in [-0.39, 0.29) is 18.6 Å². The first-order valence-corrected chi connectivity index (χ1v) is 6.00. The number of ether oxygens (including phenoxy) is 1. The van der Waals surface area contributed by atoms with E-state index in [1.807, 2.05) is 6.92 Å². The molecule has 0 saturated carbocycles. The molecule has 1 saturated heterocycles. The summed E-state index contributed by atoms with van der Waals surface area (Å²) in [6.45, 7) is 2.56. The molecule has 2 atom stereocenters. The third-order valence-electron chi connectivity index (χ3n) is 2.87. The molecule has 2 heterocycles. The van der Waals surface area contributed by atoms with Crippen LogP contribution in [-0.2, 0) is 4.74 Å². The molecule has 0 radical (unpaired) electrons. The fourth-order valence-electron chi connectivity index (χ4n) is 1.65. The predicted octanol–water partition coefficient (Wildman–Crippen LogP) is 0.413. The number of amides is 1. The Balaban J connectivity index is 1.90. The molecule has 0 bridgehead atoms. The molecule has 2 N–H and O–H groups in total. The van der Waals surface area contributed by atoms with Crippen molar-refractivity contribution in [3.05, 3.63) is 16.6 Å². The van der Waals surface area contributed by atoms with Crippen LogP contribution in [0.2, 0.25) is 0 Å². The molecule has 1 aromatic rings. The van der Waals surface area contributed by atoms with Gasteiger partial charge in [0.05, 0.1) is 17.8 Å². The van der Waals surface area contributed by atoms with Gasteiger partial charge in [0.1, 0.15) is 10.5 Å². The van der Waals surface area contributed by atoms with Gasteiger partial charge in [-0.05, 0) is 6.92 Å². The van der Waals surface area contributed by atoms with Crippen molar-refractivity contribution >= 4 is 17.2 Å². The molecule has 0 spiro atoms. The van der Waals surface area contributed by atoms with E-state index in [1.54, 1.807) is 5.51 Å². The number of aromatic nitrogens is 1. The third-order valence-corrected chi connectivity index (χ3v) is 3.64. The van der Waals surface area contributed by atoms with E-state index in [4.69, 9.17) is 4.74 Å². The SMILES string of the molecule is CC1OCCC1(O)CNC(=O)c1cncs1. The second-order valence-electron chi connectivity index (χ2n) is 3.91. The summed E-state index contributed by atoms with van der Waals surface area (Å²) in [6.07, 6.45) is 1.82. The Morgan fingerprint density at radius 2 is 2.69 bits per heavy atom. The molecule has 1 aliphatic rings. The maximum absolute atomic E-state index is 11.6. The molecule has 88 valence electrons. The first-order valence-electron chi connectivity index (χ1n) is 5.12. The third kappa shape index (κ3) is 2.23. The minimum Gasteiger partial charge on any atom is -0.385 e. The topological polar surface area (TPSA) is 71.5 Å². The molecule has 1 aliphatic heterocycles. The molecule has 1 fully saturated rings. The number of aliphatic hydroxyl groups is 1. The van der Waals surface area contributed by atoms with Crippen LogP contribution in [0.15, 0.2) is 11.7 Å². The highest BCUT2D eigenvalue weighted by molar-refractivity contribution is 7.11. The summed E-state index contributed by atoms with van der Waals surface area (Å²) < 4.78 is 5.28. The van der Waals surface area contributed by atoms with Crippen LogP contribution < -0.4 is 5.32 Å².